The predicted molar refractivity (Wildman–Crippen MR) is 79.4 cm³/mol. The molecule has 0 radical (unpaired) electrons. The van der Waals surface area contributed by atoms with E-state index in [9.17, 15) is 0 Å². The van der Waals surface area contributed by atoms with Crippen LogP contribution in [0.3, 0.4) is 0 Å². The molecule has 2 rings (SSSR count). The predicted octanol–water partition coefficient (Wildman–Crippen LogP) is 3.81. The van der Waals surface area contributed by atoms with Crippen molar-refractivity contribution in [2.45, 2.75) is 19.1 Å². The zero-order valence-corrected chi connectivity index (χ0v) is 11.9. The van der Waals surface area contributed by atoms with E-state index in [1.54, 1.807) is 11.8 Å². The highest BCUT2D eigenvalue weighted by atomic mass is 35.5. The number of aryl methyl sites for hydroxylation is 1. The summed E-state index contributed by atoms with van der Waals surface area (Å²) in [6, 6.07) is 8.06. The number of aromatic nitrogens is 1. The molecule has 18 heavy (non-hydrogen) atoms. The van der Waals surface area contributed by atoms with Gasteiger partial charge in [-0.2, -0.15) is 11.8 Å². The SMILES string of the molecule is Cc1c(Cl)c(CSCCCO)nc2ccccc12. The van der Waals surface area contributed by atoms with Gasteiger partial charge in [0.1, 0.15) is 0 Å². The largest absolute Gasteiger partial charge is 0.396 e. The van der Waals surface area contributed by atoms with Crippen LogP contribution in [0.2, 0.25) is 5.02 Å². The van der Waals surface area contributed by atoms with Gasteiger partial charge in [-0.1, -0.05) is 29.8 Å². The van der Waals surface area contributed by atoms with Crippen molar-refractivity contribution in [1.82, 2.24) is 4.98 Å². The third kappa shape index (κ3) is 2.97. The van der Waals surface area contributed by atoms with Crippen molar-refractivity contribution in [3.63, 3.8) is 0 Å². The maximum atomic E-state index is 8.75. The van der Waals surface area contributed by atoms with Gasteiger partial charge in [-0.05, 0) is 30.7 Å². The molecule has 96 valence electrons. The van der Waals surface area contributed by atoms with Gasteiger partial charge >= 0.3 is 0 Å². The summed E-state index contributed by atoms with van der Waals surface area (Å²) in [7, 11) is 0. The lowest BCUT2D eigenvalue weighted by molar-refractivity contribution is 0.296. The van der Waals surface area contributed by atoms with Crippen LogP contribution in [0.25, 0.3) is 10.9 Å². The topological polar surface area (TPSA) is 33.1 Å². The summed E-state index contributed by atoms with van der Waals surface area (Å²) in [5.41, 5.74) is 3.04. The molecule has 0 saturated heterocycles. The number of para-hydroxylation sites is 1. The fourth-order valence-electron chi connectivity index (χ4n) is 1.85. The van der Waals surface area contributed by atoms with E-state index in [0.717, 1.165) is 45.1 Å². The van der Waals surface area contributed by atoms with Crippen molar-refractivity contribution >= 4 is 34.3 Å². The first-order valence-electron chi connectivity index (χ1n) is 5.96. The maximum Gasteiger partial charge on any atom is 0.0709 e. The summed E-state index contributed by atoms with van der Waals surface area (Å²) in [6.45, 7) is 2.28. The summed E-state index contributed by atoms with van der Waals surface area (Å²) in [5, 5.41) is 10.6. The number of thioether (sulfide) groups is 1. The third-order valence-electron chi connectivity index (χ3n) is 2.83. The van der Waals surface area contributed by atoms with E-state index < -0.39 is 0 Å². The van der Waals surface area contributed by atoms with Crippen LogP contribution in [-0.4, -0.2) is 22.5 Å². The summed E-state index contributed by atoms with van der Waals surface area (Å²) >= 11 is 8.12. The second-order valence-electron chi connectivity index (χ2n) is 4.14. The Morgan fingerprint density at radius 1 is 1.33 bits per heavy atom. The van der Waals surface area contributed by atoms with Crippen LogP contribution in [0.1, 0.15) is 17.7 Å². The smallest absolute Gasteiger partial charge is 0.0709 e. The first kappa shape index (κ1) is 13.7. The molecular weight excluding hydrogens is 266 g/mol. The summed E-state index contributed by atoms with van der Waals surface area (Å²) < 4.78 is 0. The molecule has 0 bridgehead atoms. The van der Waals surface area contributed by atoms with Gasteiger partial charge in [0.05, 0.1) is 16.2 Å². The number of rotatable bonds is 5. The lowest BCUT2D eigenvalue weighted by atomic mass is 10.1. The van der Waals surface area contributed by atoms with Crippen LogP contribution in [0, 0.1) is 6.92 Å². The van der Waals surface area contributed by atoms with Crippen LogP contribution in [0.5, 0.6) is 0 Å². The van der Waals surface area contributed by atoms with Crippen LogP contribution < -0.4 is 0 Å². The molecule has 0 aliphatic heterocycles. The van der Waals surface area contributed by atoms with Crippen molar-refractivity contribution in [3.05, 3.63) is 40.5 Å². The average molecular weight is 282 g/mol. The highest BCUT2D eigenvalue weighted by Gasteiger charge is 2.09. The Balaban J connectivity index is 2.25. The lowest BCUT2D eigenvalue weighted by Crippen LogP contribution is -1.95. The molecule has 0 spiro atoms. The number of fused-ring (bicyclic) bond motifs is 1. The Kier molecular flexibility index (Phi) is 4.87. The maximum absolute atomic E-state index is 8.75. The number of pyridine rings is 1. The molecule has 0 fully saturated rings. The number of halogens is 1. The molecule has 0 amide bonds. The van der Waals surface area contributed by atoms with E-state index in [-0.39, 0.29) is 6.61 Å². The van der Waals surface area contributed by atoms with Gasteiger partial charge in [0.2, 0.25) is 0 Å². The summed E-state index contributed by atoms with van der Waals surface area (Å²) in [4.78, 5) is 4.62. The second-order valence-corrected chi connectivity index (χ2v) is 5.63. The Morgan fingerprint density at radius 3 is 2.89 bits per heavy atom. The van der Waals surface area contributed by atoms with Gasteiger partial charge in [-0.3, -0.25) is 4.98 Å². The van der Waals surface area contributed by atoms with Crippen molar-refractivity contribution in [2.24, 2.45) is 0 Å². The monoisotopic (exact) mass is 281 g/mol. The molecule has 1 aromatic heterocycles. The van der Waals surface area contributed by atoms with Gasteiger partial charge in [-0.15, -0.1) is 0 Å². The zero-order chi connectivity index (χ0) is 13.0. The quantitative estimate of drug-likeness (QED) is 0.846. The van der Waals surface area contributed by atoms with E-state index in [1.807, 2.05) is 31.2 Å². The highest BCUT2D eigenvalue weighted by molar-refractivity contribution is 7.98. The van der Waals surface area contributed by atoms with Crippen LogP contribution in [0.4, 0.5) is 0 Å². The number of aliphatic hydroxyl groups is 1. The molecule has 0 unspecified atom stereocenters. The molecule has 0 atom stereocenters. The van der Waals surface area contributed by atoms with E-state index in [0.29, 0.717) is 0 Å². The average Bonchev–Trinajstić information content (AvgIpc) is 2.40. The minimum atomic E-state index is 0.241. The molecule has 4 heteroatoms. The zero-order valence-electron chi connectivity index (χ0n) is 10.3. The van der Waals surface area contributed by atoms with E-state index in [2.05, 4.69) is 4.98 Å². The molecule has 1 heterocycles. The Bertz CT molecular complexity index is 545. The standard InChI is InChI=1S/C14H16ClNOS/c1-10-11-5-2-3-6-12(11)16-13(14(10)15)9-18-8-4-7-17/h2-3,5-6,17H,4,7-9H2,1H3. The minimum Gasteiger partial charge on any atom is -0.396 e. The van der Waals surface area contributed by atoms with Gasteiger partial charge in [0.25, 0.3) is 0 Å². The number of nitrogens with zero attached hydrogens (tertiary/aromatic N) is 1. The molecule has 2 aromatic rings. The first-order valence-corrected chi connectivity index (χ1v) is 7.49. The van der Waals surface area contributed by atoms with Crippen molar-refractivity contribution in [3.8, 4) is 0 Å². The molecule has 0 saturated carbocycles. The van der Waals surface area contributed by atoms with Crippen LogP contribution >= 0.6 is 23.4 Å². The number of aliphatic hydroxyl groups excluding tert-OH is 1. The lowest BCUT2D eigenvalue weighted by Gasteiger charge is -2.09. The van der Waals surface area contributed by atoms with Crippen molar-refractivity contribution in [2.75, 3.05) is 12.4 Å². The Morgan fingerprint density at radius 2 is 2.11 bits per heavy atom. The fourth-order valence-corrected chi connectivity index (χ4v) is 3.02. The minimum absolute atomic E-state index is 0.241. The van der Waals surface area contributed by atoms with E-state index in [1.165, 1.54) is 0 Å². The molecule has 1 N–H and O–H groups in total. The van der Waals surface area contributed by atoms with Gasteiger partial charge in [-0.25, -0.2) is 0 Å². The van der Waals surface area contributed by atoms with E-state index >= 15 is 0 Å². The number of hydrogen-bond donors (Lipinski definition) is 1. The summed E-state index contributed by atoms with van der Waals surface area (Å²) in [6.07, 6.45) is 0.814. The molecule has 2 nitrogen and oxygen atoms in total. The Labute approximate surface area is 116 Å². The van der Waals surface area contributed by atoms with Crippen LogP contribution in [0.15, 0.2) is 24.3 Å². The van der Waals surface area contributed by atoms with Crippen LogP contribution in [-0.2, 0) is 5.75 Å². The number of hydrogen-bond acceptors (Lipinski definition) is 3. The van der Waals surface area contributed by atoms with Gasteiger partial charge in [0.15, 0.2) is 0 Å². The highest BCUT2D eigenvalue weighted by Crippen LogP contribution is 2.29. The molecular formula is C14H16ClNOS. The molecule has 0 aliphatic rings. The van der Waals surface area contributed by atoms with E-state index in [4.69, 9.17) is 16.7 Å². The van der Waals surface area contributed by atoms with Gasteiger partial charge in [0, 0.05) is 17.7 Å². The normalized spacial score (nSPS) is 11.1. The fraction of sp³-hybridized carbons (Fsp3) is 0.357. The number of benzene rings is 1. The van der Waals surface area contributed by atoms with Gasteiger partial charge < -0.3 is 5.11 Å². The second kappa shape index (κ2) is 6.41. The van der Waals surface area contributed by atoms with Crippen molar-refractivity contribution < 1.29 is 5.11 Å². The Hall–Kier alpha value is -0.770. The van der Waals surface area contributed by atoms with Crippen molar-refractivity contribution in [1.29, 1.82) is 0 Å². The summed E-state index contributed by atoms with van der Waals surface area (Å²) in [5.74, 6) is 1.73. The molecule has 0 aliphatic carbocycles. The first-order chi connectivity index (χ1) is 8.74. The third-order valence-corrected chi connectivity index (χ3v) is 4.39. The molecule has 1 aromatic carbocycles.